The molecule has 0 spiro atoms. The predicted molar refractivity (Wildman–Crippen MR) is 104 cm³/mol. The van der Waals surface area contributed by atoms with E-state index in [1.807, 2.05) is 19.1 Å². The fourth-order valence-electron chi connectivity index (χ4n) is 2.35. The molecule has 0 saturated heterocycles. The van der Waals surface area contributed by atoms with E-state index in [-0.39, 0.29) is 22.9 Å². The SMILES string of the molecule is CCc1ccc(C(=O)C(C)OC(=O)CNC(=O)c2ccc(Cl)cc2Cl)cc1. The molecule has 27 heavy (non-hydrogen) atoms. The van der Waals surface area contributed by atoms with Gasteiger partial charge >= 0.3 is 5.97 Å². The van der Waals surface area contributed by atoms with Gasteiger partial charge in [0.2, 0.25) is 5.78 Å². The van der Waals surface area contributed by atoms with Crippen molar-refractivity contribution < 1.29 is 19.1 Å². The average molecular weight is 408 g/mol. The lowest BCUT2D eigenvalue weighted by molar-refractivity contribution is -0.145. The maximum atomic E-state index is 12.3. The Labute approximate surface area is 167 Å². The van der Waals surface area contributed by atoms with E-state index in [2.05, 4.69) is 5.32 Å². The first kappa shape index (κ1) is 20.9. The monoisotopic (exact) mass is 407 g/mol. The molecule has 0 radical (unpaired) electrons. The molecule has 142 valence electrons. The number of ether oxygens (including phenoxy) is 1. The van der Waals surface area contributed by atoms with Crippen LogP contribution in [0.25, 0.3) is 0 Å². The van der Waals surface area contributed by atoms with E-state index in [1.54, 1.807) is 12.1 Å². The largest absolute Gasteiger partial charge is 0.453 e. The third-order valence-corrected chi connectivity index (χ3v) is 4.44. The molecule has 1 atom stereocenters. The van der Waals surface area contributed by atoms with Crippen LogP contribution in [0.1, 0.15) is 40.1 Å². The van der Waals surface area contributed by atoms with E-state index in [0.717, 1.165) is 12.0 Å². The molecule has 5 nitrogen and oxygen atoms in total. The number of hydrogen-bond donors (Lipinski definition) is 1. The van der Waals surface area contributed by atoms with Gasteiger partial charge in [0.05, 0.1) is 10.6 Å². The van der Waals surface area contributed by atoms with Gasteiger partial charge in [0.15, 0.2) is 6.10 Å². The third-order valence-electron chi connectivity index (χ3n) is 3.89. The Morgan fingerprint density at radius 3 is 2.33 bits per heavy atom. The molecule has 2 rings (SSSR count). The third kappa shape index (κ3) is 5.81. The highest BCUT2D eigenvalue weighted by Gasteiger charge is 2.20. The van der Waals surface area contributed by atoms with Crippen LogP contribution in [-0.4, -0.2) is 30.3 Å². The topological polar surface area (TPSA) is 72.5 Å². The molecule has 0 heterocycles. The second-order valence-corrected chi connectivity index (χ2v) is 6.70. The zero-order chi connectivity index (χ0) is 20.0. The minimum atomic E-state index is -0.957. The number of esters is 1. The number of nitrogens with one attached hydrogen (secondary N) is 1. The number of aryl methyl sites for hydroxylation is 1. The highest BCUT2D eigenvalue weighted by atomic mass is 35.5. The summed E-state index contributed by atoms with van der Waals surface area (Å²) in [6.45, 7) is 3.13. The molecule has 0 aliphatic heterocycles. The molecule has 2 aromatic carbocycles. The molecule has 1 N–H and O–H groups in total. The molecular formula is C20H19Cl2NO4. The van der Waals surface area contributed by atoms with E-state index < -0.39 is 18.0 Å². The van der Waals surface area contributed by atoms with Crippen molar-refractivity contribution in [2.24, 2.45) is 0 Å². The molecular weight excluding hydrogens is 389 g/mol. The van der Waals surface area contributed by atoms with E-state index in [1.165, 1.54) is 25.1 Å². The number of rotatable bonds is 7. The van der Waals surface area contributed by atoms with Gasteiger partial charge in [-0.1, -0.05) is 54.4 Å². The van der Waals surface area contributed by atoms with Crippen LogP contribution in [0, 0.1) is 0 Å². The first-order chi connectivity index (χ1) is 12.8. The summed E-state index contributed by atoms with van der Waals surface area (Å²) in [5, 5.41) is 2.98. The molecule has 2 aromatic rings. The highest BCUT2D eigenvalue weighted by molar-refractivity contribution is 6.36. The standard InChI is InChI=1S/C20H19Cl2NO4/c1-3-13-4-6-14(7-5-13)19(25)12(2)27-18(24)11-23-20(26)16-9-8-15(21)10-17(16)22/h4-10,12H,3,11H2,1-2H3,(H,23,26). The molecule has 1 amide bonds. The number of halogens is 2. The van der Waals surface area contributed by atoms with Gasteiger partial charge < -0.3 is 10.1 Å². The molecule has 0 saturated carbocycles. The Hall–Kier alpha value is -2.37. The molecule has 0 bridgehead atoms. The van der Waals surface area contributed by atoms with Crippen LogP contribution in [0.15, 0.2) is 42.5 Å². The van der Waals surface area contributed by atoms with E-state index in [0.29, 0.717) is 10.6 Å². The number of carbonyl (C=O) groups is 3. The summed E-state index contributed by atoms with van der Waals surface area (Å²) in [5.41, 5.74) is 1.76. The van der Waals surface area contributed by atoms with Gasteiger partial charge in [-0.2, -0.15) is 0 Å². The number of hydrogen-bond acceptors (Lipinski definition) is 4. The van der Waals surface area contributed by atoms with Crippen molar-refractivity contribution in [2.75, 3.05) is 6.54 Å². The predicted octanol–water partition coefficient (Wildman–Crippen LogP) is 4.10. The molecule has 0 aliphatic rings. The Balaban J connectivity index is 1.88. The fourth-order valence-corrected chi connectivity index (χ4v) is 2.85. The van der Waals surface area contributed by atoms with Gasteiger partial charge in [-0.25, -0.2) is 0 Å². The molecule has 0 fully saturated rings. The van der Waals surface area contributed by atoms with Crippen LogP contribution in [0.2, 0.25) is 10.0 Å². The molecule has 0 aliphatic carbocycles. The number of benzene rings is 2. The van der Waals surface area contributed by atoms with Crippen molar-refractivity contribution in [1.82, 2.24) is 5.32 Å². The first-order valence-corrected chi connectivity index (χ1v) is 9.13. The van der Waals surface area contributed by atoms with E-state index in [4.69, 9.17) is 27.9 Å². The second-order valence-electron chi connectivity index (χ2n) is 5.85. The minimum Gasteiger partial charge on any atom is -0.453 e. The summed E-state index contributed by atoms with van der Waals surface area (Å²) in [6.07, 6.45) is -0.0860. The van der Waals surface area contributed by atoms with Gasteiger partial charge in [0.1, 0.15) is 6.54 Å². The lowest BCUT2D eigenvalue weighted by atomic mass is 10.0. The first-order valence-electron chi connectivity index (χ1n) is 8.37. The van der Waals surface area contributed by atoms with Crippen LogP contribution in [-0.2, 0) is 16.0 Å². The van der Waals surface area contributed by atoms with Crippen LogP contribution in [0.3, 0.4) is 0 Å². The average Bonchev–Trinajstić information content (AvgIpc) is 2.65. The van der Waals surface area contributed by atoms with Crippen molar-refractivity contribution in [3.8, 4) is 0 Å². The smallest absolute Gasteiger partial charge is 0.326 e. The van der Waals surface area contributed by atoms with Crippen molar-refractivity contribution in [3.05, 3.63) is 69.2 Å². The summed E-state index contributed by atoms with van der Waals surface area (Å²) >= 11 is 11.7. The quantitative estimate of drug-likeness (QED) is 0.553. The summed E-state index contributed by atoms with van der Waals surface area (Å²) in [7, 11) is 0. The normalized spacial score (nSPS) is 11.6. The Morgan fingerprint density at radius 2 is 1.74 bits per heavy atom. The van der Waals surface area contributed by atoms with Crippen LogP contribution in [0.5, 0.6) is 0 Å². The summed E-state index contributed by atoms with van der Waals surface area (Å²) < 4.78 is 5.10. The summed E-state index contributed by atoms with van der Waals surface area (Å²) in [4.78, 5) is 36.3. The van der Waals surface area contributed by atoms with Crippen LogP contribution < -0.4 is 5.32 Å². The van der Waals surface area contributed by atoms with Gasteiger partial charge in [-0.05, 0) is 37.1 Å². The van der Waals surface area contributed by atoms with Crippen LogP contribution in [0.4, 0.5) is 0 Å². The highest BCUT2D eigenvalue weighted by Crippen LogP contribution is 2.20. The van der Waals surface area contributed by atoms with Gasteiger partial charge in [0, 0.05) is 10.6 Å². The van der Waals surface area contributed by atoms with Gasteiger partial charge in [-0.3, -0.25) is 14.4 Å². The molecule has 7 heteroatoms. The van der Waals surface area contributed by atoms with Crippen molar-refractivity contribution >= 4 is 40.9 Å². The van der Waals surface area contributed by atoms with E-state index >= 15 is 0 Å². The Bertz CT molecular complexity index is 850. The zero-order valence-corrected chi connectivity index (χ0v) is 16.4. The van der Waals surface area contributed by atoms with Crippen molar-refractivity contribution in [1.29, 1.82) is 0 Å². The zero-order valence-electron chi connectivity index (χ0n) is 14.9. The lowest BCUT2D eigenvalue weighted by Crippen LogP contribution is -2.34. The number of carbonyl (C=O) groups excluding carboxylic acids is 3. The maximum absolute atomic E-state index is 12.3. The second kappa shape index (κ2) is 9.53. The van der Waals surface area contributed by atoms with E-state index in [9.17, 15) is 14.4 Å². The summed E-state index contributed by atoms with van der Waals surface area (Å²) in [5.74, 6) is -1.57. The van der Waals surface area contributed by atoms with Gasteiger partial charge in [-0.15, -0.1) is 0 Å². The van der Waals surface area contributed by atoms with Crippen molar-refractivity contribution in [2.45, 2.75) is 26.4 Å². The molecule has 1 unspecified atom stereocenters. The van der Waals surface area contributed by atoms with Crippen molar-refractivity contribution in [3.63, 3.8) is 0 Å². The summed E-state index contributed by atoms with van der Waals surface area (Å²) in [6, 6.07) is 11.5. The van der Waals surface area contributed by atoms with Crippen LogP contribution >= 0.6 is 23.2 Å². The number of Topliss-reactive ketones (excluding diaryl/α,β-unsaturated/α-hetero) is 1. The Morgan fingerprint density at radius 1 is 1.07 bits per heavy atom. The Kier molecular flexibility index (Phi) is 7.39. The molecule has 0 aromatic heterocycles. The maximum Gasteiger partial charge on any atom is 0.326 e. The van der Waals surface area contributed by atoms with Gasteiger partial charge in [0.25, 0.3) is 5.91 Å². The fraction of sp³-hybridized carbons (Fsp3) is 0.250. The number of ketones is 1. The lowest BCUT2D eigenvalue weighted by Gasteiger charge is -2.13. The number of amides is 1. The minimum absolute atomic E-state index is 0.174.